The van der Waals surface area contributed by atoms with E-state index in [-0.39, 0.29) is 30.7 Å². The zero-order valence-corrected chi connectivity index (χ0v) is 16.3. The maximum absolute atomic E-state index is 12.6. The first-order chi connectivity index (χ1) is 14.1. The average molecular weight is 398 g/mol. The van der Waals surface area contributed by atoms with E-state index in [9.17, 15) is 14.4 Å². The molecule has 0 saturated heterocycles. The molecule has 2 amide bonds. The fourth-order valence-electron chi connectivity index (χ4n) is 3.43. The molecule has 0 radical (unpaired) electrons. The number of furan rings is 1. The van der Waals surface area contributed by atoms with Gasteiger partial charge in [-0.25, -0.2) is 4.79 Å². The number of hydrogen-bond donors (Lipinski definition) is 2. The monoisotopic (exact) mass is 398 g/mol. The van der Waals surface area contributed by atoms with E-state index in [2.05, 4.69) is 10.6 Å². The van der Waals surface area contributed by atoms with Crippen LogP contribution in [-0.2, 0) is 20.7 Å². The maximum atomic E-state index is 12.6. The van der Waals surface area contributed by atoms with Crippen LogP contribution in [0.25, 0.3) is 0 Å². The third-order valence-corrected chi connectivity index (χ3v) is 4.93. The van der Waals surface area contributed by atoms with E-state index in [4.69, 9.17) is 9.15 Å². The number of ether oxygens (including phenoxy) is 1. The summed E-state index contributed by atoms with van der Waals surface area (Å²) in [5.41, 5.74) is 0.862. The van der Waals surface area contributed by atoms with Crippen LogP contribution in [0.1, 0.15) is 48.2 Å². The Hall–Kier alpha value is -3.09. The molecular weight excluding hydrogens is 372 g/mol. The molecule has 7 nitrogen and oxygen atoms in total. The lowest BCUT2D eigenvalue weighted by atomic mass is 9.95. The van der Waals surface area contributed by atoms with Crippen molar-refractivity contribution in [1.82, 2.24) is 10.6 Å². The summed E-state index contributed by atoms with van der Waals surface area (Å²) >= 11 is 0. The third-order valence-electron chi connectivity index (χ3n) is 4.93. The number of hydrogen-bond acceptors (Lipinski definition) is 5. The van der Waals surface area contributed by atoms with E-state index in [1.54, 1.807) is 6.07 Å². The van der Waals surface area contributed by atoms with Crippen LogP contribution in [0, 0.1) is 0 Å². The van der Waals surface area contributed by atoms with Crippen LogP contribution in [0.15, 0.2) is 53.1 Å². The molecule has 0 bridgehead atoms. The lowest BCUT2D eigenvalue weighted by Crippen LogP contribution is -2.45. The highest BCUT2D eigenvalue weighted by Gasteiger charge is 2.25. The molecule has 29 heavy (non-hydrogen) atoms. The normalized spacial score (nSPS) is 15.3. The van der Waals surface area contributed by atoms with Crippen molar-refractivity contribution >= 4 is 17.8 Å². The highest BCUT2D eigenvalue weighted by atomic mass is 16.5. The highest BCUT2D eigenvalue weighted by Crippen LogP contribution is 2.17. The lowest BCUT2D eigenvalue weighted by molar-refractivity contribution is -0.150. The summed E-state index contributed by atoms with van der Waals surface area (Å²) in [7, 11) is 0. The van der Waals surface area contributed by atoms with Crippen molar-refractivity contribution in [3.63, 3.8) is 0 Å². The second kappa shape index (κ2) is 10.5. The minimum absolute atomic E-state index is 0.103. The standard InChI is InChI=1S/C22H26N2O5/c25-20(23-17-10-5-2-6-11-17)15-29-22(27)18(14-16-8-3-1-4-9-16)24-21(26)19-12-7-13-28-19/h1,3-4,7-9,12-13,17-18H,2,5-6,10-11,14-15H2,(H,23,25)(H,24,26)/t18-/m0/s1. The fraction of sp³-hybridized carbons (Fsp3) is 0.409. The Morgan fingerprint density at radius 3 is 2.48 bits per heavy atom. The number of rotatable bonds is 8. The number of benzene rings is 1. The molecule has 1 fully saturated rings. The van der Waals surface area contributed by atoms with Crippen molar-refractivity contribution in [2.75, 3.05) is 6.61 Å². The van der Waals surface area contributed by atoms with Crippen molar-refractivity contribution in [3.8, 4) is 0 Å². The second-order valence-corrected chi connectivity index (χ2v) is 7.20. The summed E-state index contributed by atoms with van der Waals surface area (Å²) in [5, 5.41) is 5.54. The van der Waals surface area contributed by atoms with E-state index < -0.39 is 17.9 Å². The minimum Gasteiger partial charge on any atom is -0.459 e. The molecule has 1 aromatic heterocycles. The van der Waals surface area contributed by atoms with Gasteiger partial charge in [-0.1, -0.05) is 49.6 Å². The van der Waals surface area contributed by atoms with E-state index in [1.165, 1.54) is 18.8 Å². The summed E-state index contributed by atoms with van der Waals surface area (Å²) < 4.78 is 10.3. The first-order valence-electron chi connectivity index (χ1n) is 9.96. The summed E-state index contributed by atoms with van der Waals surface area (Å²) in [5.74, 6) is -1.39. The van der Waals surface area contributed by atoms with E-state index in [0.29, 0.717) is 0 Å². The average Bonchev–Trinajstić information content (AvgIpc) is 3.28. The summed E-state index contributed by atoms with van der Waals surface area (Å²) in [6.45, 7) is -0.364. The van der Waals surface area contributed by atoms with Crippen LogP contribution >= 0.6 is 0 Å². The van der Waals surface area contributed by atoms with Gasteiger partial charge in [-0.2, -0.15) is 0 Å². The topological polar surface area (TPSA) is 97.6 Å². The SMILES string of the molecule is O=C(COC(=O)[C@H](Cc1ccccc1)NC(=O)c1ccco1)NC1CCCCC1. The quantitative estimate of drug-likeness (QED) is 0.666. The Morgan fingerprint density at radius 1 is 1.03 bits per heavy atom. The highest BCUT2D eigenvalue weighted by molar-refractivity contribution is 5.94. The van der Waals surface area contributed by atoms with Gasteiger partial charge in [0.05, 0.1) is 6.26 Å². The van der Waals surface area contributed by atoms with Crippen LogP contribution in [0.3, 0.4) is 0 Å². The molecule has 154 valence electrons. The third kappa shape index (κ3) is 6.48. The molecule has 0 aliphatic heterocycles. The van der Waals surface area contributed by atoms with Crippen LogP contribution in [-0.4, -0.2) is 36.5 Å². The van der Waals surface area contributed by atoms with Gasteiger partial charge in [0.1, 0.15) is 6.04 Å². The Morgan fingerprint density at radius 2 is 1.79 bits per heavy atom. The van der Waals surface area contributed by atoms with Gasteiger partial charge in [-0.15, -0.1) is 0 Å². The van der Waals surface area contributed by atoms with Gasteiger partial charge in [0.25, 0.3) is 11.8 Å². The molecule has 7 heteroatoms. The Balaban J connectivity index is 1.57. The fourth-order valence-corrected chi connectivity index (χ4v) is 3.43. The molecule has 3 rings (SSSR count). The van der Waals surface area contributed by atoms with E-state index in [1.807, 2.05) is 30.3 Å². The van der Waals surface area contributed by atoms with Crippen molar-refractivity contribution in [2.24, 2.45) is 0 Å². The number of amides is 2. The van der Waals surface area contributed by atoms with Crippen molar-refractivity contribution in [3.05, 3.63) is 60.1 Å². The van der Waals surface area contributed by atoms with E-state index >= 15 is 0 Å². The Labute approximate surface area is 169 Å². The number of nitrogens with one attached hydrogen (secondary N) is 2. The molecule has 1 atom stereocenters. The molecule has 0 spiro atoms. The zero-order chi connectivity index (χ0) is 20.5. The molecule has 0 unspecified atom stereocenters. The summed E-state index contributed by atoms with van der Waals surface area (Å²) in [6, 6.07) is 11.6. The number of carbonyl (C=O) groups is 3. The number of carbonyl (C=O) groups excluding carboxylic acids is 3. The molecule has 1 aliphatic carbocycles. The zero-order valence-electron chi connectivity index (χ0n) is 16.3. The van der Waals surface area contributed by atoms with Gasteiger partial charge in [-0.05, 0) is 30.5 Å². The molecule has 2 N–H and O–H groups in total. The first-order valence-corrected chi connectivity index (χ1v) is 9.96. The van der Waals surface area contributed by atoms with Crippen LogP contribution < -0.4 is 10.6 Å². The van der Waals surface area contributed by atoms with E-state index in [0.717, 1.165) is 31.2 Å². The van der Waals surface area contributed by atoms with Gasteiger partial charge >= 0.3 is 5.97 Å². The summed E-state index contributed by atoms with van der Waals surface area (Å²) in [4.78, 5) is 37.0. The van der Waals surface area contributed by atoms with Gasteiger partial charge in [0.2, 0.25) is 0 Å². The van der Waals surface area contributed by atoms with Crippen LogP contribution in [0.4, 0.5) is 0 Å². The van der Waals surface area contributed by atoms with Crippen LogP contribution in [0.2, 0.25) is 0 Å². The molecule has 1 aromatic carbocycles. The van der Waals surface area contributed by atoms with Crippen molar-refractivity contribution in [1.29, 1.82) is 0 Å². The number of esters is 1. The van der Waals surface area contributed by atoms with Gasteiger partial charge in [0, 0.05) is 12.5 Å². The van der Waals surface area contributed by atoms with Crippen molar-refractivity contribution < 1.29 is 23.5 Å². The van der Waals surface area contributed by atoms with Gasteiger partial charge in [-0.3, -0.25) is 9.59 Å². The predicted octanol–water partition coefficient (Wildman–Crippen LogP) is 2.61. The van der Waals surface area contributed by atoms with Gasteiger partial charge in [0.15, 0.2) is 12.4 Å². The molecule has 1 heterocycles. The molecule has 1 aliphatic rings. The molecule has 2 aromatic rings. The Kier molecular flexibility index (Phi) is 7.44. The smallest absolute Gasteiger partial charge is 0.329 e. The lowest BCUT2D eigenvalue weighted by Gasteiger charge is -2.23. The largest absolute Gasteiger partial charge is 0.459 e. The Bertz CT molecular complexity index is 798. The summed E-state index contributed by atoms with van der Waals surface area (Å²) in [6.07, 6.45) is 6.93. The second-order valence-electron chi connectivity index (χ2n) is 7.20. The van der Waals surface area contributed by atoms with Crippen LogP contribution in [0.5, 0.6) is 0 Å². The predicted molar refractivity (Wildman–Crippen MR) is 106 cm³/mol. The molecule has 1 saturated carbocycles. The first kappa shape index (κ1) is 20.6. The minimum atomic E-state index is -0.933. The van der Waals surface area contributed by atoms with Crippen molar-refractivity contribution in [2.45, 2.75) is 50.6 Å². The maximum Gasteiger partial charge on any atom is 0.329 e. The van der Waals surface area contributed by atoms with Gasteiger partial charge < -0.3 is 19.8 Å². The molecular formula is C22H26N2O5.